The van der Waals surface area contributed by atoms with Gasteiger partial charge in [0.15, 0.2) is 0 Å². The number of likely N-dealkylation sites (N-methyl/N-ethyl adjacent to an activating group) is 1. The lowest BCUT2D eigenvalue weighted by atomic mass is 10.0. The van der Waals surface area contributed by atoms with E-state index < -0.39 is 10.0 Å². The highest BCUT2D eigenvalue weighted by Crippen LogP contribution is 2.21. The number of nitrogens with zero attached hydrogens (tertiary/aromatic N) is 2. The highest BCUT2D eigenvalue weighted by atomic mass is 32.2. The molecule has 31 heavy (non-hydrogen) atoms. The van der Waals surface area contributed by atoms with Crippen LogP contribution in [0.5, 0.6) is 0 Å². The number of hydrogen-bond acceptors (Lipinski definition) is 4. The van der Waals surface area contributed by atoms with E-state index in [1.54, 1.807) is 12.1 Å². The minimum absolute atomic E-state index is 0.0496. The fourth-order valence-corrected chi connectivity index (χ4v) is 5.42. The molecule has 1 amide bonds. The monoisotopic (exact) mass is 443 g/mol. The van der Waals surface area contributed by atoms with Gasteiger partial charge in [-0.15, -0.1) is 0 Å². The molecule has 168 valence electrons. The number of rotatable bonds is 8. The zero-order chi connectivity index (χ0) is 22.4. The summed E-state index contributed by atoms with van der Waals surface area (Å²) in [5.74, 6) is -0.209. The number of sulfonamides is 1. The summed E-state index contributed by atoms with van der Waals surface area (Å²) in [6.07, 6.45) is 3.86. The van der Waals surface area contributed by atoms with Crippen molar-refractivity contribution in [3.8, 4) is 0 Å². The Morgan fingerprint density at radius 1 is 1.00 bits per heavy atom. The van der Waals surface area contributed by atoms with E-state index in [1.807, 2.05) is 14.1 Å². The van der Waals surface area contributed by atoms with Crippen molar-refractivity contribution in [3.63, 3.8) is 0 Å². The van der Waals surface area contributed by atoms with Crippen molar-refractivity contribution in [2.24, 2.45) is 0 Å². The number of aryl methyl sites for hydroxylation is 1. The van der Waals surface area contributed by atoms with E-state index in [4.69, 9.17) is 0 Å². The van der Waals surface area contributed by atoms with Gasteiger partial charge < -0.3 is 10.2 Å². The summed E-state index contributed by atoms with van der Waals surface area (Å²) >= 11 is 0. The first-order chi connectivity index (χ1) is 14.8. The van der Waals surface area contributed by atoms with Crippen LogP contribution in [0.3, 0.4) is 0 Å². The van der Waals surface area contributed by atoms with Crippen molar-refractivity contribution >= 4 is 15.9 Å². The van der Waals surface area contributed by atoms with Crippen molar-refractivity contribution in [2.45, 2.75) is 43.5 Å². The molecule has 1 atom stereocenters. The molecule has 1 fully saturated rings. The van der Waals surface area contributed by atoms with Gasteiger partial charge in [0, 0.05) is 25.2 Å². The second-order valence-corrected chi connectivity index (χ2v) is 10.2. The predicted octanol–water partition coefficient (Wildman–Crippen LogP) is 3.46. The number of hydrogen-bond donors (Lipinski definition) is 1. The fourth-order valence-electron chi connectivity index (χ4n) is 3.90. The summed E-state index contributed by atoms with van der Waals surface area (Å²) in [5, 5.41) is 2.99. The second-order valence-electron chi connectivity index (χ2n) is 8.27. The Labute approximate surface area is 186 Å². The molecule has 1 aliphatic heterocycles. The molecule has 2 aromatic carbocycles. The third kappa shape index (κ3) is 5.73. The normalized spacial score (nSPS) is 16.3. The maximum Gasteiger partial charge on any atom is 0.251 e. The molecule has 3 rings (SSSR count). The largest absolute Gasteiger partial charge is 0.350 e. The molecular weight excluding hydrogens is 410 g/mol. The van der Waals surface area contributed by atoms with Crippen LogP contribution in [-0.2, 0) is 16.4 Å². The Bertz CT molecular complexity index is 964. The van der Waals surface area contributed by atoms with Gasteiger partial charge >= 0.3 is 0 Å². The molecule has 1 heterocycles. The van der Waals surface area contributed by atoms with Crippen molar-refractivity contribution < 1.29 is 13.2 Å². The van der Waals surface area contributed by atoms with Gasteiger partial charge in [0.25, 0.3) is 5.91 Å². The molecule has 0 aromatic heterocycles. The quantitative estimate of drug-likeness (QED) is 0.678. The predicted molar refractivity (Wildman–Crippen MR) is 124 cm³/mol. The molecule has 6 nitrogen and oxygen atoms in total. The Morgan fingerprint density at radius 3 is 2.16 bits per heavy atom. The number of amides is 1. The van der Waals surface area contributed by atoms with Gasteiger partial charge in [-0.1, -0.05) is 37.6 Å². The van der Waals surface area contributed by atoms with E-state index in [1.165, 1.54) is 22.0 Å². The summed E-state index contributed by atoms with van der Waals surface area (Å²) in [7, 11) is 0.493. The lowest BCUT2D eigenvalue weighted by Gasteiger charge is -2.26. The van der Waals surface area contributed by atoms with Crippen LogP contribution in [-0.4, -0.2) is 57.3 Å². The molecule has 2 aromatic rings. The first kappa shape index (κ1) is 23.4. The molecule has 0 aliphatic carbocycles. The van der Waals surface area contributed by atoms with Crippen LogP contribution >= 0.6 is 0 Å². The van der Waals surface area contributed by atoms with Gasteiger partial charge in [-0.25, -0.2) is 8.42 Å². The Balaban J connectivity index is 1.65. The van der Waals surface area contributed by atoms with Gasteiger partial charge in [-0.05, 0) is 68.8 Å². The molecule has 1 unspecified atom stereocenters. The van der Waals surface area contributed by atoms with Gasteiger partial charge in [0.1, 0.15) is 0 Å². The van der Waals surface area contributed by atoms with E-state index in [0.29, 0.717) is 25.2 Å². The molecule has 0 spiro atoms. The maximum absolute atomic E-state index is 12.8. The maximum atomic E-state index is 12.8. The Morgan fingerprint density at radius 2 is 1.61 bits per heavy atom. The highest BCUT2D eigenvalue weighted by molar-refractivity contribution is 7.89. The average Bonchev–Trinajstić information content (AvgIpc) is 2.80. The van der Waals surface area contributed by atoms with Crippen molar-refractivity contribution in [1.29, 1.82) is 0 Å². The molecule has 0 bridgehead atoms. The van der Waals surface area contributed by atoms with Gasteiger partial charge in [0.05, 0.1) is 10.9 Å². The van der Waals surface area contributed by atoms with Gasteiger partial charge in [-0.2, -0.15) is 4.31 Å². The third-order valence-electron chi connectivity index (χ3n) is 5.92. The highest BCUT2D eigenvalue weighted by Gasteiger charge is 2.26. The Kier molecular flexibility index (Phi) is 7.86. The smallest absolute Gasteiger partial charge is 0.251 e. The van der Waals surface area contributed by atoms with Crippen LogP contribution in [0.1, 0.15) is 53.7 Å². The second kappa shape index (κ2) is 10.4. The van der Waals surface area contributed by atoms with Gasteiger partial charge in [-0.3, -0.25) is 4.79 Å². The van der Waals surface area contributed by atoms with Gasteiger partial charge in [0.2, 0.25) is 10.0 Å². The summed E-state index contributed by atoms with van der Waals surface area (Å²) in [6, 6.07) is 14.8. The standard InChI is InChI=1S/C24H33N3O3S/c1-4-19-8-10-20(11-9-19)23(26(2)3)18-25-24(28)21-12-14-22(15-13-21)31(29,30)27-16-6-5-7-17-27/h8-15,23H,4-7,16-18H2,1-3H3,(H,25,28). The number of benzene rings is 2. The molecule has 1 N–H and O–H groups in total. The first-order valence-electron chi connectivity index (χ1n) is 11.0. The third-order valence-corrected chi connectivity index (χ3v) is 7.83. The summed E-state index contributed by atoms with van der Waals surface area (Å²) < 4.78 is 27.1. The summed E-state index contributed by atoms with van der Waals surface area (Å²) in [5.41, 5.74) is 2.88. The van der Waals surface area contributed by atoms with Crippen LogP contribution in [0.4, 0.5) is 0 Å². The topological polar surface area (TPSA) is 69.7 Å². The minimum Gasteiger partial charge on any atom is -0.350 e. The first-order valence-corrected chi connectivity index (χ1v) is 12.4. The zero-order valence-electron chi connectivity index (χ0n) is 18.7. The average molecular weight is 444 g/mol. The summed E-state index contributed by atoms with van der Waals surface area (Å²) in [6.45, 7) is 3.72. The molecule has 0 radical (unpaired) electrons. The van der Waals surface area contributed by atoms with Crippen LogP contribution in [0.2, 0.25) is 0 Å². The number of carbonyl (C=O) groups excluding carboxylic acids is 1. The minimum atomic E-state index is -3.49. The van der Waals surface area contributed by atoms with E-state index >= 15 is 0 Å². The van der Waals surface area contributed by atoms with E-state index in [0.717, 1.165) is 31.2 Å². The molecule has 0 saturated carbocycles. The molecular formula is C24H33N3O3S. The lowest BCUT2D eigenvalue weighted by molar-refractivity contribution is 0.0942. The number of piperidine rings is 1. The van der Waals surface area contributed by atoms with Crippen LogP contribution in [0.15, 0.2) is 53.4 Å². The van der Waals surface area contributed by atoms with Crippen molar-refractivity contribution in [2.75, 3.05) is 33.7 Å². The van der Waals surface area contributed by atoms with E-state index in [-0.39, 0.29) is 16.8 Å². The Hall–Kier alpha value is -2.22. The van der Waals surface area contributed by atoms with Crippen molar-refractivity contribution in [1.82, 2.24) is 14.5 Å². The van der Waals surface area contributed by atoms with E-state index in [9.17, 15) is 13.2 Å². The SMILES string of the molecule is CCc1ccc(C(CNC(=O)c2ccc(S(=O)(=O)N3CCCCC3)cc2)N(C)C)cc1. The fraction of sp³-hybridized carbons (Fsp3) is 0.458. The van der Waals surface area contributed by atoms with Crippen LogP contribution in [0.25, 0.3) is 0 Å². The molecule has 1 aliphatic rings. The zero-order valence-corrected chi connectivity index (χ0v) is 19.5. The molecule has 7 heteroatoms. The number of carbonyl (C=O) groups is 1. The summed E-state index contributed by atoms with van der Waals surface area (Å²) in [4.78, 5) is 15.0. The lowest BCUT2D eigenvalue weighted by Crippen LogP contribution is -2.36. The number of nitrogens with one attached hydrogen (secondary N) is 1. The van der Waals surface area contributed by atoms with Crippen LogP contribution < -0.4 is 5.32 Å². The van der Waals surface area contributed by atoms with E-state index in [2.05, 4.69) is 41.4 Å². The van der Waals surface area contributed by atoms with Crippen molar-refractivity contribution in [3.05, 3.63) is 65.2 Å². The van der Waals surface area contributed by atoms with Crippen LogP contribution in [0, 0.1) is 0 Å². The molecule has 1 saturated heterocycles.